The highest BCUT2D eigenvalue weighted by Gasteiger charge is 2.30. The molecule has 4 rings (SSSR count). The van der Waals surface area contributed by atoms with Crippen LogP contribution in [0.4, 0.5) is 10.2 Å². The first-order chi connectivity index (χ1) is 16.0. The van der Waals surface area contributed by atoms with Crippen molar-refractivity contribution in [3.63, 3.8) is 0 Å². The highest BCUT2D eigenvalue weighted by Crippen LogP contribution is 2.33. The van der Waals surface area contributed by atoms with E-state index in [4.69, 9.17) is 4.52 Å². The quantitative estimate of drug-likeness (QED) is 0.457. The van der Waals surface area contributed by atoms with E-state index in [9.17, 15) is 9.59 Å². The fraction of sp³-hybridized carbons (Fsp3) is 0.423. The van der Waals surface area contributed by atoms with E-state index in [1.54, 1.807) is 31.3 Å². The van der Waals surface area contributed by atoms with Crippen LogP contribution < -0.4 is 5.32 Å². The number of nitrogens with one attached hydrogen (secondary N) is 1. The van der Waals surface area contributed by atoms with Gasteiger partial charge in [-0.3, -0.25) is 9.59 Å². The van der Waals surface area contributed by atoms with Gasteiger partial charge >= 0.3 is 0 Å². The predicted molar refractivity (Wildman–Crippen MR) is 126 cm³/mol. The van der Waals surface area contributed by atoms with Gasteiger partial charge in [-0.05, 0) is 54.5 Å². The number of benzene rings is 1. The van der Waals surface area contributed by atoms with E-state index in [1.807, 2.05) is 33.8 Å². The molecule has 2 heterocycles. The van der Waals surface area contributed by atoms with E-state index in [0.29, 0.717) is 28.3 Å². The highest BCUT2D eigenvalue weighted by molar-refractivity contribution is 5.94. The second-order valence-corrected chi connectivity index (χ2v) is 10.0. The SMILES string of the molecule is Cc1c([C@@H](C)CC(=O)c2nc(C(C)(C)C)no2)ccc(-c2ccnc(NC(=O)C3CC3)c2)c1F. The number of anilines is 1. The first-order valence-electron chi connectivity index (χ1n) is 11.5. The Hall–Kier alpha value is -3.42. The van der Waals surface area contributed by atoms with Gasteiger partial charge < -0.3 is 9.84 Å². The van der Waals surface area contributed by atoms with Crippen LogP contribution in [0.15, 0.2) is 35.0 Å². The molecular weight excluding hydrogens is 435 g/mol. The lowest BCUT2D eigenvalue weighted by Gasteiger charge is -2.16. The van der Waals surface area contributed by atoms with Gasteiger partial charge in [0.25, 0.3) is 5.89 Å². The summed E-state index contributed by atoms with van der Waals surface area (Å²) in [7, 11) is 0. The Labute approximate surface area is 198 Å². The van der Waals surface area contributed by atoms with Crippen LogP contribution in [0.2, 0.25) is 0 Å². The summed E-state index contributed by atoms with van der Waals surface area (Å²) >= 11 is 0. The highest BCUT2D eigenvalue weighted by atomic mass is 19.1. The molecule has 1 N–H and O–H groups in total. The Bertz CT molecular complexity index is 1240. The number of aromatic nitrogens is 3. The second kappa shape index (κ2) is 9.08. The third-order valence-corrected chi connectivity index (χ3v) is 6.06. The van der Waals surface area contributed by atoms with Gasteiger partial charge in [0.05, 0.1) is 0 Å². The van der Waals surface area contributed by atoms with Crippen LogP contribution in [0.5, 0.6) is 0 Å². The Balaban J connectivity index is 1.51. The van der Waals surface area contributed by atoms with Crippen molar-refractivity contribution in [3.8, 4) is 11.1 Å². The van der Waals surface area contributed by atoms with E-state index in [2.05, 4.69) is 20.4 Å². The van der Waals surface area contributed by atoms with Gasteiger partial charge in [-0.1, -0.05) is 45.0 Å². The van der Waals surface area contributed by atoms with Crippen molar-refractivity contribution in [3.05, 3.63) is 59.1 Å². The Morgan fingerprint density at radius 2 is 1.97 bits per heavy atom. The van der Waals surface area contributed by atoms with Crippen molar-refractivity contribution >= 4 is 17.5 Å². The smallest absolute Gasteiger partial charge is 0.294 e. The molecule has 0 aliphatic heterocycles. The normalized spacial score (nSPS) is 14.6. The van der Waals surface area contributed by atoms with Crippen molar-refractivity contribution in [2.45, 2.75) is 65.2 Å². The molecule has 1 aliphatic carbocycles. The molecule has 1 aromatic carbocycles. The molecule has 0 saturated heterocycles. The Kier molecular flexibility index (Phi) is 6.34. The lowest BCUT2D eigenvalue weighted by molar-refractivity contribution is -0.117. The van der Waals surface area contributed by atoms with Gasteiger partial charge in [0.15, 0.2) is 5.82 Å². The summed E-state index contributed by atoms with van der Waals surface area (Å²) in [5, 5.41) is 6.70. The third kappa shape index (κ3) is 5.05. The van der Waals surface area contributed by atoms with E-state index in [1.165, 1.54) is 0 Å². The van der Waals surface area contributed by atoms with Gasteiger partial charge in [0.1, 0.15) is 11.6 Å². The van der Waals surface area contributed by atoms with E-state index in [-0.39, 0.29) is 47.1 Å². The minimum atomic E-state index is -0.365. The van der Waals surface area contributed by atoms with Crippen molar-refractivity contribution in [1.82, 2.24) is 15.1 Å². The maximum atomic E-state index is 15.4. The average Bonchev–Trinajstić information content (AvgIpc) is 3.50. The lowest BCUT2D eigenvalue weighted by Crippen LogP contribution is -2.14. The lowest BCUT2D eigenvalue weighted by atomic mass is 9.89. The topological polar surface area (TPSA) is 98.0 Å². The third-order valence-electron chi connectivity index (χ3n) is 6.06. The van der Waals surface area contributed by atoms with Crippen LogP contribution in [0.3, 0.4) is 0 Å². The van der Waals surface area contributed by atoms with Gasteiger partial charge in [-0.25, -0.2) is 9.37 Å². The van der Waals surface area contributed by atoms with Crippen molar-refractivity contribution in [2.24, 2.45) is 5.92 Å². The molecule has 178 valence electrons. The molecule has 34 heavy (non-hydrogen) atoms. The maximum Gasteiger partial charge on any atom is 0.294 e. The van der Waals surface area contributed by atoms with Crippen molar-refractivity contribution in [2.75, 3.05) is 5.32 Å². The number of halogens is 1. The fourth-order valence-electron chi connectivity index (χ4n) is 3.81. The number of nitrogens with zero attached hydrogens (tertiary/aromatic N) is 3. The number of carbonyl (C=O) groups excluding carboxylic acids is 2. The zero-order chi connectivity index (χ0) is 24.6. The zero-order valence-electron chi connectivity index (χ0n) is 20.1. The minimum Gasteiger partial charge on any atom is -0.331 e. The standard InChI is InChI=1S/C26H29FN4O3/c1-14(12-20(32)24-30-25(31-34-24)26(3,4)5)18-8-9-19(22(27)15(18)2)17-10-11-28-21(13-17)29-23(33)16-6-7-16/h8-11,13-14,16H,6-7,12H2,1-5H3,(H,28,29,33)/t14-/m0/s1. The number of ketones is 1. The molecule has 7 nitrogen and oxygen atoms in total. The van der Waals surface area contributed by atoms with Crippen LogP contribution in [-0.2, 0) is 10.2 Å². The van der Waals surface area contributed by atoms with Gasteiger partial charge in [0.2, 0.25) is 11.7 Å². The van der Waals surface area contributed by atoms with E-state index >= 15 is 4.39 Å². The Morgan fingerprint density at radius 1 is 1.24 bits per heavy atom. The molecule has 0 spiro atoms. The molecule has 8 heteroatoms. The largest absolute Gasteiger partial charge is 0.331 e. The minimum absolute atomic E-state index is 0.0240. The summed E-state index contributed by atoms with van der Waals surface area (Å²) in [4.78, 5) is 33.1. The van der Waals surface area contributed by atoms with Gasteiger partial charge in [-0.2, -0.15) is 4.98 Å². The predicted octanol–water partition coefficient (Wildman–Crippen LogP) is 5.60. The van der Waals surface area contributed by atoms with Crippen molar-refractivity contribution in [1.29, 1.82) is 0 Å². The number of pyridine rings is 1. The van der Waals surface area contributed by atoms with Crippen LogP contribution >= 0.6 is 0 Å². The summed E-state index contributed by atoms with van der Waals surface area (Å²) in [6.45, 7) is 9.40. The average molecular weight is 465 g/mol. The molecule has 1 fully saturated rings. The van der Waals surface area contributed by atoms with E-state index < -0.39 is 0 Å². The molecule has 0 unspecified atom stereocenters. The Morgan fingerprint density at radius 3 is 2.62 bits per heavy atom. The van der Waals surface area contributed by atoms with Crippen LogP contribution in [0.25, 0.3) is 11.1 Å². The number of rotatable bonds is 7. The second-order valence-electron chi connectivity index (χ2n) is 10.0. The van der Waals surface area contributed by atoms with Crippen LogP contribution in [0.1, 0.15) is 80.5 Å². The summed E-state index contributed by atoms with van der Waals surface area (Å²) in [5.74, 6) is -0.0225. The molecule has 1 atom stereocenters. The number of carbonyl (C=O) groups is 2. The summed E-state index contributed by atoms with van der Waals surface area (Å²) in [5.41, 5.74) is 1.92. The molecule has 2 aromatic heterocycles. The monoisotopic (exact) mass is 464 g/mol. The zero-order valence-corrected chi connectivity index (χ0v) is 20.1. The summed E-state index contributed by atoms with van der Waals surface area (Å²) in [6, 6.07) is 6.92. The fourth-order valence-corrected chi connectivity index (χ4v) is 3.81. The number of amides is 1. The van der Waals surface area contributed by atoms with Gasteiger partial charge in [-0.15, -0.1) is 0 Å². The first kappa shape index (κ1) is 23.7. The maximum absolute atomic E-state index is 15.4. The number of hydrogen-bond donors (Lipinski definition) is 1. The summed E-state index contributed by atoms with van der Waals surface area (Å²) in [6.07, 6.45) is 3.47. The molecule has 1 saturated carbocycles. The molecule has 3 aromatic rings. The molecule has 1 aliphatic rings. The van der Waals surface area contributed by atoms with E-state index in [0.717, 1.165) is 18.4 Å². The molecule has 1 amide bonds. The van der Waals surface area contributed by atoms with Gasteiger partial charge in [0, 0.05) is 29.5 Å². The molecular formula is C26H29FN4O3. The number of Topliss-reactive ketones (excluding diaryl/α,β-unsaturated/α-hetero) is 1. The molecule has 0 bridgehead atoms. The number of hydrogen-bond acceptors (Lipinski definition) is 6. The first-order valence-corrected chi connectivity index (χ1v) is 11.5. The molecule has 0 radical (unpaired) electrons. The summed E-state index contributed by atoms with van der Waals surface area (Å²) < 4.78 is 20.6. The van der Waals surface area contributed by atoms with Crippen LogP contribution in [0, 0.1) is 18.7 Å². The van der Waals surface area contributed by atoms with Crippen LogP contribution in [-0.4, -0.2) is 26.8 Å². The van der Waals surface area contributed by atoms with Crippen molar-refractivity contribution < 1.29 is 18.5 Å².